The number of aliphatic imine (C=N–C) groups is 1. The molecule has 8 nitrogen and oxygen atoms in total. The molecule has 0 bridgehead atoms. The zero-order valence-electron chi connectivity index (χ0n) is 15.1. The highest BCUT2D eigenvalue weighted by atomic mass is 127. The Labute approximate surface area is 172 Å². The van der Waals surface area contributed by atoms with Crippen molar-refractivity contribution < 1.29 is 27.9 Å². The molecule has 4 N–H and O–H groups in total. The van der Waals surface area contributed by atoms with Gasteiger partial charge in [0.1, 0.15) is 5.54 Å². The average Bonchev–Trinajstić information content (AvgIpc) is 2.83. The van der Waals surface area contributed by atoms with Crippen molar-refractivity contribution in [2.75, 3.05) is 26.2 Å². The normalized spacial score (nSPS) is 25.6. The number of hydrogen-bond donors (Lipinski definition) is 4. The van der Waals surface area contributed by atoms with Crippen LogP contribution in [0.15, 0.2) is 4.99 Å². The molecule has 2 saturated heterocycles. The predicted octanol–water partition coefficient (Wildman–Crippen LogP) is 0.803. The summed E-state index contributed by atoms with van der Waals surface area (Å²) in [6.07, 6.45) is -6.09. The minimum Gasteiger partial charge on any atom is -0.382 e. The lowest BCUT2D eigenvalue weighted by Crippen LogP contribution is -2.55. The molecule has 2 atom stereocenters. The van der Waals surface area contributed by atoms with Gasteiger partial charge in [-0.15, -0.1) is 24.0 Å². The van der Waals surface area contributed by atoms with Crippen LogP contribution in [0, 0.1) is 5.92 Å². The number of urea groups is 1. The number of piperidine rings is 1. The van der Waals surface area contributed by atoms with Crippen molar-refractivity contribution >= 4 is 41.9 Å². The lowest BCUT2D eigenvalue weighted by molar-refractivity contribution is -0.199. The first-order valence-electron chi connectivity index (χ1n) is 8.49. The van der Waals surface area contributed by atoms with E-state index in [0.29, 0.717) is 38.4 Å². The maximum atomic E-state index is 12.4. The Balaban J connectivity index is 0.00000364. The molecule has 2 rings (SSSR count). The second-order valence-electron chi connectivity index (χ2n) is 6.62. The van der Waals surface area contributed by atoms with Gasteiger partial charge in [-0.05, 0) is 32.6 Å². The Kier molecular flexibility index (Phi) is 8.14. The fraction of sp³-hybridized carbons (Fsp3) is 0.800. The van der Waals surface area contributed by atoms with E-state index in [9.17, 15) is 22.8 Å². The summed E-state index contributed by atoms with van der Waals surface area (Å²) in [7, 11) is 0. The molecule has 0 radical (unpaired) electrons. The molecule has 2 heterocycles. The first-order chi connectivity index (χ1) is 12.1. The summed E-state index contributed by atoms with van der Waals surface area (Å²) in [5.41, 5.74) is -0.981. The third-order valence-corrected chi connectivity index (χ3v) is 4.81. The second kappa shape index (κ2) is 9.26. The minimum atomic E-state index is -4.71. The fourth-order valence-electron chi connectivity index (χ4n) is 3.22. The number of amides is 3. The number of likely N-dealkylation sites (tertiary alicyclic amines) is 1. The molecule has 2 aliphatic rings. The monoisotopic (exact) mass is 507 g/mol. The molecule has 3 amide bonds. The average molecular weight is 507 g/mol. The highest BCUT2D eigenvalue weighted by molar-refractivity contribution is 14.0. The van der Waals surface area contributed by atoms with Crippen LogP contribution in [0.25, 0.3) is 0 Å². The van der Waals surface area contributed by atoms with Gasteiger partial charge in [0.25, 0.3) is 5.91 Å². The van der Waals surface area contributed by atoms with Gasteiger partial charge in [0.05, 0.1) is 6.54 Å². The van der Waals surface area contributed by atoms with E-state index in [1.807, 2.05) is 0 Å². The number of aliphatic hydroxyl groups is 1. The SMILES string of the molecule is CCNC(=NCC(O)C(F)(F)F)N1CCC(C2(C)NC(=O)NC2=O)CC1.I. The van der Waals surface area contributed by atoms with Gasteiger partial charge >= 0.3 is 12.2 Å². The number of halogens is 4. The number of imide groups is 1. The molecule has 0 aromatic rings. The van der Waals surface area contributed by atoms with Crippen LogP contribution < -0.4 is 16.0 Å². The van der Waals surface area contributed by atoms with E-state index < -0.39 is 30.4 Å². The Hall–Kier alpha value is -1.31. The highest BCUT2D eigenvalue weighted by Crippen LogP contribution is 2.30. The zero-order valence-corrected chi connectivity index (χ0v) is 17.4. The van der Waals surface area contributed by atoms with Gasteiger partial charge in [-0.3, -0.25) is 15.1 Å². The number of rotatable bonds is 4. The highest BCUT2D eigenvalue weighted by Gasteiger charge is 2.48. The van der Waals surface area contributed by atoms with Gasteiger partial charge in [0, 0.05) is 19.6 Å². The van der Waals surface area contributed by atoms with E-state index in [4.69, 9.17) is 5.11 Å². The summed E-state index contributed by atoms with van der Waals surface area (Å²) in [5, 5.41) is 16.9. The molecule has 2 fully saturated rings. The molecule has 0 spiro atoms. The molecular formula is C15H25F3IN5O3. The molecule has 2 unspecified atom stereocenters. The second-order valence-corrected chi connectivity index (χ2v) is 6.62. The zero-order chi connectivity index (χ0) is 19.5. The summed E-state index contributed by atoms with van der Waals surface area (Å²) in [5.74, 6) is -0.164. The predicted molar refractivity (Wildman–Crippen MR) is 103 cm³/mol. The summed E-state index contributed by atoms with van der Waals surface area (Å²) < 4.78 is 37.3. The van der Waals surface area contributed by atoms with Gasteiger partial charge < -0.3 is 20.6 Å². The molecule has 0 aliphatic carbocycles. The Morgan fingerprint density at radius 2 is 2.00 bits per heavy atom. The Morgan fingerprint density at radius 3 is 2.44 bits per heavy atom. The van der Waals surface area contributed by atoms with Crippen LogP contribution in [0.2, 0.25) is 0 Å². The van der Waals surface area contributed by atoms with Crippen molar-refractivity contribution in [3.05, 3.63) is 0 Å². The van der Waals surface area contributed by atoms with Gasteiger partial charge in [0.15, 0.2) is 12.1 Å². The van der Waals surface area contributed by atoms with E-state index in [1.54, 1.807) is 18.7 Å². The minimum absolute atomic E-state index is 0. The van der Waals surface area contributed by atoms with Gasteiger partial charge in [-0.2, -0.15) is 13.2 Å². The lowest BCUT2D eigenvalue weighted by Gasteiger charge is -2.39. The molecule has 12 heteroatoms. The quantitative estimate of drug-likeness (QED) is 0.195. The van der Waals surface area contributed by atoms with Crippen molar-refractivity contribution in [2.24, 2.45) is 10.9 Å². The molecular weight excluding hydrogens is 482 g/mol. The smallest absolute Gasteiger partial charge is 0.382 e. The Bertz CT molecular complexity index is 582. The van der Waals surface area contributed by atoms with Gasteiger partial charge in [-0.1, -0.05) is 0 Å². The number of carbonyl (C=O) groups is 2. The number of aliphatic hydroxyl groups excluding tert-OH is 1. The molecule has 0 aromatic heterocycles. The van der Waals surface area contributed by atoms with E-state index in [-0.39, 0.29) is 35.8 Å². The van der Waals surface area contributed by atoms with E-state index in [2.05, 4.69) is 20.9 Å². The lowest BCUT2D eigenvalue weighted by atomic mass is 9.79. The molecule has 27 heavy (non-hydrogen) atoms. The van der Waals surface area contributed by atoms with Crippen LogP contribution in [0.3, 0.4) is 0 Å². The van der Waals surface area contributed by atoms with Crippen molar-refractivity contribution in [3.8, 4) is 0 Å². The van der Waals surface area contributed by atoms with Crippen LogP contribution in [0.5, 0.6) is 0 Å². The van der Waals surface area contributed by atoms with Crippen LogP contribution in [-0.2, 0) is 4.79 Å². The number of guanidine groups is 1. The van der Waals surface area contributed by atoms with Gasteiger partial charge in [0.2, 0.25) is 0 Å². The molecule has 156 valence electrons. The fourth-order valence-corrected chi connectivity index (χ4v) is 3.22. The van der Waals surface area contributed by atoms with Crippen molar-refractivity contribution in [2.45, 2.75) is 44.5 Å². The summed E-state index contributed by atoms with van der Waals surface area (Å²) in [6, 6.07) is -0.518. The van der Waals surface area contributed by atoms with E-state index in [1.165, 1.54) is 0 Å². The number of carbonyl (C=O) groups excluding carboxylic acids is 2. The van der Waals surface area contributed by atoms with Gasteiger partial charge in [-0.25, -0.2) is 4.79 Å². The summed E-state index contributed by atoms with van der Waals surface area (Å²) >= 11 is 0. The number of nitrogens with one attached hydrogen (secondary N) is 3. The first-order valence-corrected chi connectivity index (χ1v) is 8.49. The third kappa shape index (κ3) is 5.59. The van der Waals surface area contributed by atoms with E-state index >= 15 is 0 Å². The summed E-state index contributed by atoms with van der Waals surface area (Å²) in [6.45, 7) is 4.10. The topological polar surface area (TPSA) is 106 Å². The number of hydrogen-bond acceptors (Lipinski definition) is 4. The van der Waals surface area contributed by atoms with Crippen molar-refractivity contribution in [3.63, 3.8) is 0 Å². The first kappa shape index (κ1) is 23.7. The third-order valence-electron chi connectivity index (χ3n) is 4.81. The molecule has 0 saturated carbocycles. The van der Waals surface area contributed by atoms with Crippen LogP contribution >= 0.6 is 24.0 Å². The Morgan fingerprint density at radius 1 is 1.41 bits per heavy atom. The van der Waals surface area contributed by atoms with Crippen LogP contribution in [-0.4, -0.2) is 71.9 Å². The standard InChI is InChI=1S/C15H24F3N5O3.HI/c1-3-19-12(20-8-10(24)15(16,17)18)23-6-4-9(5-7-23)14(2)11(25)21-13(26)22-14;/h9-10,24H,3-8H2,1-2H3,(H,19,20)(H2,21,22,25,26);1H. The number of nitrogens with zero attached hydrogens (tertiary/aromatic N) is 2. The van der Waals surface area contributed by atoms with Crippen LogP contribution in [0.1, 0.15) is 26.7 Å². The van der Waals surface area contributed by atoms with E-state index in [0.717, 1.165) is 0 Å². The number of alkyl halides is 3. The maximum Gasteiger partial charge on any atom is 0.416 e. The summed E-state index contributed by atoms with van der Waals surface area (Å²) in [4.78, 5) is 29.1. The molecule has 2 aliphatic heterocycles. The van der Waals surface area contributed by atoms with Crippen molar-refractivity contribution in [1.82, 2.24) is 20.9 Å². The van der Waals surface area contributed by atoms with Crippen molar-refractivity contribution in [1.29, 1.82) is 0 Å². The largest absolute Gasteiger partial charge is 0.416 e. The van der Waals surface area contributed by atoms with Crippen LogP contribution in [0.4, 0.5) is 18.0 Å². The maximum absolute atomic E-state index is 12.4. The molecule has 0 aromatic carbocycles.